The van der Waals surface area contributed by atoms with Crippen LogP contribution in [0.3, 0.4) is 0 Å². The number of fused-ring (bicyclic) bond motifs is 1. The Morgan fingerprint density at radius 2 is 1.90 bits per heavy atom. The van der Waals surface area contributed by atoms with E-state index in [4.69, 9.17) is 0 Å². The van der Waals surface area contributed by atoms with Crippen LogP contribution in [0.4, 0.5) is 0 Å². The summed E-state index contributed by atoms with van der Waals surface area (Å²) < 4.78 is 27.2. The lowest BCUT2D eigenvalue weighted by atomic mass is 10.2. The predicted octanol–water partition coefficient (Wildman–Crippen LogP) is 3.08. The van der Waals surface area contributed by atoms with Crippen molar-refractivity contribution in [3.8, 4) is 0 Å². The van der Waals surface area contributed by atoms with E-state index in [1.165, 1.54) is 11.3 Å². The Balaban J connectivity index is 1.80. The molecule has 0 spiro atoms. The average Bonchev–Trinajstić information content (AvgIpc) is 2.92. The molecule has 1 N–H and O–H groups in total. The maximum Gasteiger partial charge on any atom is 0.250 e. The topological polar surface area (TPSA) is 59.1 Å². The summed E-state index contributed by atoms with van der Waals surface area (Å²) in [6.07, 6.45) is 0. The van der Waals surface area contributed by atoms with Crippen LogP contribution < -0.4 is 4.72 Å². The third-order valence-corrected chi connectivity index (χ3v) is 5.97. The van der Waals surface area contributed by atoms with Gasteiger partial charge in [0.25, 0.3) is 0 Å². The molecule has 0 saturated carbocycles. The quantitative estimate of drug-likeness (QED) is 0.804. The SMILES string of the molecule is Cc1ccc(S(=O)(=O)NCc2ccc3ccccc3n2)s1. The second-order valence-corrected chi connectivity index (χ2v) is 7.97. The van der Waals surface area contributed by atoms with Crippen molar-refractivity contribution >= 4 is 32.3 Å². The van der Waals surface area contributed by atoms with Crippen LogP contribution in [-0.2, 0) is 16.6 Å². The fraction of sp³-hybridized carbons (Fsp3) is 0.133. The Labute approximate surface area is 127 Å². The molecule has 0 aliphatic rings. The smallest absolute Gasteiger partial charge is 0.250 e. The summed E-state index contributed by atoms with van der Waals surface area (Å²) in [4.78, 5) is 5.43. The number of nitrogens with zero attached hydrogens (tertiary/aromatic N) is 1. The number of hydrogen-bond donors (Lipinski definition) is 1. The molecular weight excluding hydrogens is 304 g/mol. The number of para-hydroxylation sites is 1. The van der Waals surface area contributed by atoms with Crippen LogP contribution in [-0.4, -0.2) is 13.4 Å². The average molecular weight is 318 g/mol. The fourth-order valence-electron chi connectivity index (χ4n) is 2.00. The van der Waals surface area contributed by atoms with Gasteiger partial charge in [0, 0.05) is 10.3 Å². The minimum absolute atomic E-state index is 0.185. The molecule has 0 unspecified atom stereocenters. The van der Waals surface area contributed by atoms with Crippen LogP contribution in [0.1, 0.15) is 10.6 Å². The zero-order valence-corrected chi connectivity index (χ0v) is 13.0. The van der Waals surface area contributed by atoms with Crippen LogP contribution in [0, 0.1) is 6.92 Å². The van der Waals surface area contributed by atoms with Gasteiger partial charge in [-0.1, -0.05) is 24.3 Å². The highest BCUT2D eigenvalue weighted by atomic mass is 32.2. The van der Waals surface area contributed by atoms with Gasteiger partial charge in [0.15, 0.2) is 0 Å². The number of sulfonamides is 1. The third-order valence-electron chi connectivity index (χ3n) is 3.08. The molecule has 0 radical (unpaired) electrons. The van der Waals surface area contributed by atoms with Crippen molar-refractivity contribution in [1.82, 2.24) is 9.71 Å². The largest absolute Gasteiger partial charge is 0.251 e. The molecule has 3 rings (SSSR count). The van der Waals surface area contributed by atoms with Gasteiger partial charge < -0.3 is 0 Å². The van der Waals surface area contributed by atoms with Gasteiger partial charge in [-0.25, -0.2) is 13.1 Å². The molecule has 2 aromatic heterocycles. The predicted molar refractivity (Wildman–Crippen MR) is 84.8 cm³/mol. The van der Waals surface area contributed by atoms with E-state index in [0.29, 0.717) is 9.90 Å². The molecule has 0 saturated heterocycles. The summed E-state index contributed by atoms with van der Waals surface area (Å²) in [6.45, 7) is 2.07. The molecule has 0 amide bonds. The van der Waals surface area contributed by atoms with Crippen LogP contribution >= 0.6 is 11.3 Å². The number of aromatic nitrogens is 1. The first kappa shape index (κ1) is 14.2. The van der Waals surface area contributed by atoms with E-state index in [0.717, 1.165) is 15.8 Å². The molecular formula is C15H14N2O2S2. The molecule has 0 bridgehead atoms. The molecule has 6 heteroatoms. The zero-order valence-electron chi connectivity index (χ0n) is 11.4. The highest BCUT2D eigenvalue weighted by molar-refractivity contribution is 7.91. The van der Waals surface area contributed by atoms with Crippen LogP contribution in [0.5, 0.6) is 0 Å². The van der Waals surface area contributed by atoms with Gasteiger partial charge in [-0.05, 0) is 31.2 Å². The Kier molecular flexibility index (Phi) is 3.75. The Bertz CT molecular complexity index is 885. The third kappa shape index (κ3) is 3.12. The fourth-order valence-corrected chi connectivity index (χ4v) is 4.33. The first-order valence-electron chi connectivity index (χ1n) is 6.45. The molecule has 1 aromatic carbocycles. The van der Waals surface area contributed by atoms with E-state index >= 15 is 0 Å². The standard InChI is InChI=1S/C15H14N2O2S2/c1-11-6-9-15(20-11)21(18,19)16-10-13-8-7-12-4-2-3-5-14(12)17-13/h2-9,16H,10H2,1H3. The number of pyridine rings is 1. The maximum absolute atomic E-state index is 12.2. The van der Waals surface area contributed by atoms with Crippen molar-refractivity contribution in [1.29, 1.82) is 0 Å². The molecule has 0 atom stereocenters. The molecule has 0 fully saturated rings. The van der Waals surface area contributed by atoms with E-state index in [-0.39, 0.29) is 6.54 Å². The van der Waals surface area contributed by atoms with Crippen molar-refractivity contribution in [2.45, 2.75) is 17.7 Å². The van der Waals surface area contributed by atoms with Crippen molar-refractivity contribution in [3.05, 3.63) is 59.1 Å². The van der Waals surface area contributed by atoms with Gasteiger partial charge in [-0.3, -0.25) is 4.98 Å². The molecule has 2 heterocycles. The van der Waals surface area contributed by atoms with Gasteiger partial charge in [-0.2, -0.15) is 0 Å². The highest BCUT2D eigenvalue weighted by Gasteiger charge is 2.15. The summed E-state index contributed by atoms with van der Waals surface area (Å²) in [7, 11) is -3.46. The number of nitrogens with one attached hydrogen (secondary N) is 1. The number of aryl methyl sites for hydroxylation is 1. The minimum Gasteiger partial charge on any atom is -0.251 e. The lowest BCUT2D eigenvalue weighted by Crippen LogP contribution is -2.22. The van der Waals surface area contributed by atoms with Gasteiger partial charge in [-0.15, -0.1) is 11.3 Å². The number of hydrogen-bond acceptors (Lipinski definition) is 4. The Morgan fingerprint density at radius 3 is 2.67 bits per heavy atom. The van der Waals surface area contributed by atoms with Crippen molar-refractivity contribution in [2.75, 3.05) is 0 Å². The summed E-state index contributed by atoms with van der Waals surface area (Å²) in [5, 5.41) is 1.04. The van der Waals surface area contributed by atoms with Crippen molar-refractivity contribution in [3.63, 3.8) is 0 Å². The summed E-state index contributed by atoms with van der Waals surface area (Å²) in [6, 6.07) is 15.0. The van der Waals surface area contributed by atoms with E-state index in [2.05, 4.69) is 9.71 Å². The Morgan fingerprint density at radius 1 is 1.10 bits per heavy atom. The summed E-state index contributed by atoms with van der Waals surface area (Å²) >= 11 is 1.26. The highest BCUT2D eigenvalue weighted by Crippen LogP contribution is 2.20. The van der Waals surface area contributed by atoms with Crippen molar-refractivity contribution < 1.29 is 8.42 Å². The number of rotatable bonds is 4. The molecule has 0 aliphatic carbocycles. The lowest BCUT2D eigenvalue weighted by Gasteiger charge is -2.05. The lowest BCUT2D eigenvalue weighted by molar-refractivity contribution is 0.582. The molecule has 4 nitrogen and oxygen atoms in total. The number of benzene rings is 1. The number of thiophene rings is 1. The van der Waals surface area contributed by atoms with E-state index in [1.807, 2.05) is 43.3 Å². The first-order chi connectivity index (χ1) is 10.0. The van der Waals surface area contributed by atoms with Gasteiger partial charge in [0.2, 0.25) is 10.0 Å². The monoisotopic (exact) mass is 318 g/mol. The molecule has 3 aromatic rings. The van der Waals surface area contributed by atoms with E-state index < -0.39 is 10.0 Å². The second kappa shape index (κ2) is 5.55. The van der Waals surface area contributed by atoms with Crippen LogP contribution in [0.25, 0.3) is 10.9 Å². The first-order valence-corrected chi connectivity index (χ1v) is 8.75. The summed E-state index contributed by atoms with van der Waals surface area (Å²) in [5.74, 6) is 0. The van der Waals surface area contributed by atoms with Crippen molar-refractivity contribution in [2.24, 2.45) is 0 Å². The normalized spacial score (nSPS) is 11.9. The van der Waals surface area contributed by atoms with Crippen LogP contribution in [0.2, 0.25) is 0 Å². The van der Waals surface area contributed by atoms with Crippen LogP contribution in [0.15, 0.2) is 52.7 Å². The van der Waals surface area contributed by atoms with E-state index in [9.17, 15) is 8.42 Å². The van der Waals surface area contributed by atoms with Gasteiger partial charge in [0.1, 0.15) is 4.21 Å². The Hall–Kier alpha value is -1.76. The zero-order chi connectivity index (χ0) is 14.9. The van der Waals surface area contributed by atoms with E-state index in [1.54, 1.807) is 12.1 Å². The maximum atomic E-state index is 12.2. The second-order valence-electron chi connectivity index (χ2n) is 4.68. The molecule has 21 heavy (non-hydrogen) atoms. The molecule has 108 valence electrons. The van der Waals surface area contributed by atoms with Gasteiger partial charge in [0.05, 0.1) is 17.8 Å². The van der Waals surface area contributed by atoms with Gasteiger partial charge >= 0.3 is 0 Å². The minimum atomic E-state index is -3.46. The molecule has 0 aliphatic heterocycles. The summed E-state index contributed by atoms with van der Waals surface area (Å²) in [5.41, 5.74) is 1.56.